The topological polar surface area (TPSA) is 130 Å². The maximum atomic E-state index is 12.5. The Bertz CT molecular complexity index is 1420. The largest absolute Gasteiger partial charge is 0.478 e. The van der Waals surface area contributed by atoms with Crippen LogP contribution in [0, 0.1) is 6.92 Å². The molecule has 10 nitrogen and oxygen atoms in total. The van der Waals surface area contributed by atoms with Gasteiger partial charge in [-0.25, -0.2) is 14.6 Å². The monoisotopic (exact) mass is 516 g/mol. The highest BCUT2D eigenvalue weighted by atomic mass is 32.1. The minimum absolute atomic E-state index is 0.193. The number of carboxylic acids is 1. The highest BCUT2D eigenvalue weighted by molar-refractivity contribution is 7.13. The van der Waals surface area contributed by atoms with Gasteiger partial charge in [0.1, 0.15) is 0 Å². The van der Waals surface area contributed by atoms with Gasteiger partial charge in [0, 0.05) is 30.0 Å². The van der Waals surface area contributed by atoms with Crippen molar-refractivity contribution in [2.45, 2.75) is 6.92 Å². The molecular formula is C26H24N6O4S. The molecule has 3 heterocycles. The quantitative estimate of drug-likeness (QED) is 0.335. The second kappa shape index (κ2) is 10.7. The molecule has 1 aliphatic heterocycles. The Morgan fingerprint density at radius 2 is 1.65 bits per heavy atom. The fourth-order valence-electron chi connectivity index (χ4n) is 3.89. The number of aromatic nitrogens is 3. The highest BCUT2D eigenvalue weighted by Crippen LogP contribution is 2.27. The average molecular weight is 517 g/mol. The summed E-state index contributed by atoms with van der Waals surface area (Å²) in [5, 5.41) is 16.7. The van der Waals surface area contributed by atoms with Crippen LogP contribution in [0.4, 0.5) is 22.1 Å². The normalized spacial score (nSPS) is 13.3. The zero-order valence-corrected chi connectivity index (χ0v) is 20.8. The van der Waals surface area contributed by atoms with E-state index in [0.717, 1.165) is 10.4 Å². The van der Waals surface area contributed by atoms with Gasteiger partial charge in [-0.05, 0) is 66.4 Å². The van der Waals surface area contributed by atoms with E-state index in [1.54, 1.807) is 42.5 Å². The van der Waals surface area contributed by atoms with E-state index in [2.05, 4.69) is 15.5 Å². The molecule has 0 unspecified atom stereocenters. The van der Waals surface area contributed by atoms with Gasteiger partial charge in [0.2, 0.25) is 5.95 Å². The molecule has 1 aliphatic rings. The molecule has 37 heavy (non-hydrogen) atoms. The number of hydrogen-bond acceptors (Lipinski definition) is 8. The molecule has 0 saturated carbocycles. The van der Waals surface area contributed by atoms with Crippen molar-refractivity contribution in [3.05, 3.63) is 71.1 Å². The summed E-state index contributed by atoms with van der Waals surface area (Å²) < 4.78 is 5.47. The summed E-state index contributed by atoms with van der Waals surface area (Å²) in [4.78, 5) is 40.8. The van der Waals surface area contributed by atoms with Gasteiger partial charge >= 0.3 is 12.0 Å². The Kier molecular flexibility index (Phi) is 7.06. The summed E-state index contributed by atoms with van der Waals surface area (Å²) in [6.45, 7) is 4.36. The van der Waals surface area contributed by atoms with Crippen LogP contribution in [0.2, 0.25) is 0 Å². The van der Waals surface area contributed by atoms with Crippen molar-refractivity contribution in [3.8, 4) is 22.1 Å². The Balaban J connectivity index is 1.33. The van der Waals surface area contributed by atoms with Crippen LogP contribution in [0.1, 0.15) is 15.9 Å². The van der Waals surface area contributed by atoms with Crippen molar-refractivity contribution < 1.29 is 19.4 Å². The molecule has 0 atom stereocenters. The van der Waals surface area contributed by atoms with Crippen molar-refractivity contribution in [2.24, 2.45) is 0 Å². The van der Waals surface area contributed by atoms with E-state index in [4.69, 9.17) is 24.8 Å². The van der Waals surface area contributed by atoms with E-state index >= 15 is 0 Å². The van der Waals surface area contributed by atoms with Crippen LogP contribution in [0.25, 0.3) is 22.1 Å². The van der Waals surface area contributed by atoms with Gasteiger partial charge in [-0.3, -0.25) is 0 Å². The molecule has 2 aromatic carbocycles. The zero-order valence-electron chi connectivity index (χ0n) is 20.0. The number of carbonyl (C=O) groups is 2. The van der Waals surface area contributed by atoms with Crippen molar-refractivity contribution in [3.63, 3.8) is 0 Å². The Morgan fingerprint density at radius 3 is 2.32 bits per heavy atom. The van der Waals surface area contributed by atoms with Gasteiger partial charge in [-0.1, -0.05) is 6.07 Å². The summed E-state index contributed by atoms with van der Waals surface area (Å²) in [6, 6.07) is 15.4. The Labute approximate surface area is 217 Å². The van der Waals surface area contributed by atoms with Crippen molar-refractivity contribution >= 4 is 40.7 Å². The fraction of sp³-hybridized carbons (Fsp3) is 0.192. The van der Waals surface area contributed by atoms with E-state index in [1.165, 1.54) is 6.07 Å². The van der Waals surface area contributed by atoms with Crippen LogP contribution in [-0.2, 0) is 4.74 Å². The number of aromatic carboxylic acids is 1. The number of rotatable bonds is 6. The van der Waals surface area contributed by atoms with Crippen LogP contribution < -0.4 is 15.5 Å². The number of anilines is 3. The number of ether oxygens (including phenoxy) is 1. The number of thiophene rings is 1. The van der Waals surface area contributed by atoms with Crippen molar-refractivity contribution in [2.75, 3.05) is 41.8 Å². The fourth-order valence-corrected chi connectivity index (χ4v) is 4.55. The first-order valence-electron chi connectivity index (χ1n) is 11.6. The van der Waals surface area contributed by atoms with Crippen LogP contribution in [-0.4, -0.2) is 58.4 Å². The lowest BCUT2D eigenvalue weighted by Gasteiger charge is -2.27. The first-order valence-corrected chi connectivity index (χ1v) is 12.5. The first-order chi connectivity index (χ1) is 18.0. The van der Waals surface area contributed by atoms with E-state index in [9.17, 15) is 9.59 Å². The molecule has 4 aromatic rings. The van der Waals surface area contributed by atoms with Gasteiger partial charge in [-0.2, -0.15) is 9.97 Å². The van der Waals surface area contributed by atoms with Crippen molar-refractivity contribution in [1.29, 1.82) is 0 Å². The molecule has 11 heteroatoms. The van der Waals surface area contributed by atoms with Crippen LogP contribution in [0.15, 0.2) is 60.0 Å². The number of amides is 2. The molecule has 0 bridgehead atoms. The second-order valence-corrected chi connectivity index (χ2v) is 9.30. The average Bonchev–Trinajstić information content (AvgIpc) is 3.44. The summed E-state index contributed by atoms with van der Waals surface area (Å²) in [6.07, 6.45) is 0. The molecule has 5 rings (SSSR count). The third kappa shape index (κ3) is 5.74. The molecule has 1 saturated heterocycles. The number of benzene rings is 2. The molecule has 0 spiro atoms. The van der Waals surface area contributed by atoms with Crippen LogP contribution >= 0.6 is 11.3 Å². The zero-order chi connectivity index (χ0) is 25.8. The summed E-state index contributed by atoms with van der Waals surface area (Å²) in [5.74, 6) is 0.769. The third-order valence-electron chi connectivity index (χ3n) is 5.77. The van der Waals surface area contributed by atoms with E-state index in [0.29, 0.717) is 60.8 Å². The SMILES string of the molecule is Cc1cc(NC(=O)Nc2ccc(-c3nc(-c4cccs4)nc(N4CCOCC4)n3)cc2)ccc1C(=O)O. The van der Waals surface area contributed by atoms with Gasteiger partial charge < -0.3 is 25.4 Å². The molecule has 1 fully saturated rings. The third-order valence-corrected chi connectivity index (χ3v) is 6.64. The molecule has 3 N–H and O–H groups in total. The van der Waals surface area contributed by atoms with E-state index in [1.807, 2.05) is 29.6 Å². The predicted octanol–water partition coefficient (Wildman–Crippen LogP) is 4.75. The van der Waals surface area contributed by atoms with Gasteiger partial charge in [0.25, 0.3) is 0 Å². The lowest BCUT2D eigenvalue weighted by atomic mass is 10.1. The van der Waals surface area contributed by atoms with Crippen molar-refractivity contribution in [1.82, 2.24) is 15.0 Å². The minimum atomic E-state index is -1.01. The first kappa shape index (κ1) is 24.3. The van der Waals surface area contributed by atoms with Gasteiger partial charge in [-0.15, -0.1) is 11.3 Å². The number of aryl methyl sites for hydroxylation is 1. The van der Waals surface area contributed by atoms with Gasteiger partial charge in [0.05, 0.1) is 23.7 Å². The number of nitrogens with zero attached hydrogens (tertiary/aromatic N) is 4. The molecule has 2 aromatic heterocycles. The lowest BCUT2D eigenvalue weighted by Crippen LogP contribution is -2.37. The standard InChI is InChI=1S/C26H24N6O4S/c1-16-15-19(8-9-20(16)24(33)34)28-26(35)27-18-6-4-17(5-7-18)22-29-23(21-3-2-14-37-21)31-25(30-22)32-10-12-36-13-11-32/h2-9,14-15H,10-13H2,1H3,(H,33,34)(H2,27,28,35). The number of urea groups is 1. The number of morpholine rings is 1. The molecule has 0 radical (unpaired) electrons. The maximum Gasteiger partial charge on any atom is 0.335 e. The van der Waals surface area contributed by atoms with Crippen LogP contribution in [0.5, 0.6) is 0 Å². The Morgan fingerprint density at radius 1 is 0.946 bits per heavy atom. The van der Waals surface area contributed by atoms with Gasteiger partial charge in [0.15, 0.2) is 11.6 Å². The number of carbonyl (C=O) groups excluding carboxylic acids is 1. The molecule has 0 aliphatic carbocycles. The van der Waals surface area contributed by atoms with E-state index < -0.39 is 12.0 Å². The summed E-state index contributed by atoms with van der Waals surface area (Å²) in [5.41, 5.74) is 2.63. The summed E-state index contributed by atoms with van der Waals surface area (Å²) in [7, 11) is 0. The summed E-state index contributed by atoms with van der Waals surface area (Å²) >= 11 is 1.57. The number of nitrogens with one attached hydrogen (secondary N) is 2. The predicted molar refractivity (Wildman–Crippen MR) is 142 cm³/mol. The smallest absolute Gasteiger partial charge is 0.335 e. The number of hydrogen-bond donors (Lipinski definition) is 3. The number of carboxylic acid groups (broad SMARTS) is 1. The van der Waals surface area contributed by atoms with Crippen LogP contribution in [0.3, 0.4) is 0 Å². The maximum absolute atomic E-state index is 12.5. The Hall–Kier alpha value is -4.35. The molecular weight excluding hydrogens is 492 g/mol. The lowest BCUT2D eigenvalue weighted by molar-refractivity contribution is 0.0696. The molecule has 2 amide bonds. The second-order valence-electron chi connectivity index (χ2n) is 8.35. The highest BCUT2D eigenvalue weighted by Gasteiger charge is 2.18. The van der Waals surface area contributed by atoms with E-state index in [-0.39, 0.29) is 5.56 Å². The molecule has 188 valence electrons. The minimum Gasteiger partial charge on any atom is -0.478 e.